The molecule has 0 atom stereocenters. The van der Waals surface area contributed by atoms with Gasteiger partial charge in [-0.25, -0.2) is 9.59 Å². The molecule has 0 amide bonds. The number of carbonyl (C=O) groups is 4. The lowest BCUT2D eigenvalue weighted by Gasteiger charge is -1.98. The number of benzene rings is 1. The highest BCUT2D eigenvalue weighted by molar-refractivity contribution is 6.01. The summed E-state index contributed by atoms with van der Waals surface area (Å²) in [6, 6.07) is 5.48. The molecule has 1 rings (SSSR count). The van der Waals surface area contributed by atoms with Crippen molar-refractivity contribution < 1.29 is 49.8 Å². The van der Waals surface area contributed by atoms with Crippen LogP contribution in [0.1, 0.15) is 46.4 Å². The molecule has 0 radical (unpaired) electrons. The molecule has 0 saturated heterocycles. The van der Waals surface area contributed by atoms with Crippen LogP contribution in [0, 0.1) is 0 Å². The first kappa shape index (κ1) is 25.3. The van der Waals surface area contributed by atoms with Gasteiger partial charge in [-0.05, 0) is 25.0 Å². The molecule has 0 fully saturated rings. The third-order valence-electron chi connectivity index (χ3n) is 2.52. The summed E-state index contributed by atoms with van der Waals surface area (Å²) >= 11 is 0. The molecule has 10 heteroatoms. The Morgan fingerprint density at radius 2 is 0.962 bits per heavy atom. The van der Waals surface area contributed by atoms with Crippen LogP contribution in [0.2, 0.25) is 0 Å². The second kappa shape index (κ2) is 15.5. The van der Waals surface area contributed by atoms with Crippen LogP contribution < -0.4 is 0 Å². The van der Waals surface area contributed by atoms with Crippen LogP contribution in [0.25, 0.3) is 0 Å². The summed E-state index contributed by atoms with van der Waals surface area (Å²) in [6.07, 6.45) is 1.02. The molecule has 0 aliphatic rings. The van der Waals surface area contributed by atoms with Crippen molar-refractivity contribution in [3.8, 4) is 0 Å². The van der Waals surface area contributed by atoms with Crippen LogP contribution in [-0.4, -0.2) is 67.7 Å². The predicted molar refractivity (Wildman–Crippen MR) is 88.3 cm³/mol. The minimum absolute atomic E-state index is 0.0628. The minimum Gasteiger partial charge on any atom is -0.481 e. The van der Waals surface area contributed by atoms with Gasteiger partial charge >= 0.3 is 23.9 Å². The molecule has 0 unspecified atom stereocenters. The third kappa shape index (κ3) is 14.6. The summed E-state index contributed by atoms with van der Waals surface area (Å²) in [4.78, 5) is 40.7. The zero-order valence-electron chi connectivity index (χ0n) is 13.9. The summed E-state index contributed by atoms with van der Waals surface area (Å²) in [6.45, 7) is -0.250. The number of unbranched alkanes of at least 4 members (excludes halogenated alkanes) is 1. The lowest BCUT2D eigenvalue weighted by molar-refractivity contribution is -0.139. The fraction of sp³-hybridized carbons (Fsp3) is 0.375. The van der Waals surface area contributed by atoms with Gasteiger partial charge in [-0.2, -0.15) is 0 Å². The summed E-state index contributed by atoms with van der Waals surface area (Å²) in [7, 11) is 0. The number of aliphatic hydroxyl groups excluding tert-OH is 2. The fourth-order valence-electron chi connectivity index (χ4n) is 1.41. The number of aliphatic carboxylic acids is 2. The van der Waals surface area contributed by atoms with E-state index in [1.54, 1.807) is 0 Å². The number of aliphatic hydroxyl groups is 2. The van der Waals surface area contributed by atoms with Gasteiger partial charge in [0.1, 0.15) is 0 Å². The highest BCUT2D eigenvalue weighted by Gasteiger charge is 2.13. The Labute approximate surface area is 149 Å². The first-order valence-electron chi connectivity index (χ1n) is 7.38. The van der Waals surface area contributed by atoms with Gasteiger partial charge in [0.15, 0.2) is 0 Å². The van der Waals surface area contributed by atoms with Crippen LogP contribution in [0.3, 0.4) is 0 Å². The van der Waals surface area contributed by atoms with Gasteiger partial charge in [0.2, 0.25) is 0 Å². The van der Waals surface area contributed by atoms with Gasteiger partial charge in [0.25, 0.3) is 0 Å². The highest BCUT2D eigenvalue weighted by Crippen LogP contribution is 2.07. The van der Waals surface area contributed by atoms with E-state index in [0.717, 1.165) is 0 Å². The molecule has 0 saturated carbocycles. The Hall–Kier alpha value is -2.98. The van der Waals surface area contributed by atoms with Crippen molar-refractivity contribution in [1.82, 2.24) is 0 Å². The number of rotatable bonds is 8. The van der Waals surface area contributed by atoms with E-state index in [1.807, 2.05) is 0 Å². The number of carboxylic acid groups (broad SMARTS) is 4. The lowest BCUT2D eigenvalue weighted by Crippen LogP contribution is -2.06. The fourth-order valence-corrected chi connectivity index (χ4v) is 1.41. The zero-order chi connectivity index (χ0) is 20.5. The molecule has 0 aromatic heterocycles. The number of hydrogen-bond donors (Lipinski definition) is 6. The minimum atomic E-state index is -1.23. The molecule has 0 heterocycles. The van der Waals surface area contributed by atoms with Crippen molar-refractivity contribution >= 4 is 23.9 Å². The Kier molecular flexibility index (Phi) is 15.1. The number of carboxylic acids is 4. The lowest BCUT2D eigenvalue weighted by atomic mass is 10.1. The molecule has 10 nitrogen and oxygen atoms in total. The van der Waals surface area contributed by atoms with Gasteiger partial charge in [-0.1, -0.05) is 12.1 Å². The monoisotopic (exact) mass is 374 g/mol. The Morgan fingerprint density at radius 3 is 1.15 bits per heavy atom. The molecule has 1 aromatic rings. The highest BCUT2D eigenvalue weighted by atomic mass is 16.4. The first-order chi connectivity index (χ1) is 12.2. The van der Waals surface area contributed by atoms with Gasteiger partial charge in [0.05, 0.1) is 24.3 Å². The van der Waals surface area contributed by atoms with Crippen molar-refractivity contribution in [1.29, 1.82) is 0 Å². The maximum absolute atomic E-state index is 10.5. The van der Waals surface area contributed by atoms with E-state index in [4.69, 9.17) is 30.6 Å². The molecule has 146 valence electrons. The van der Waals surface area contributed by atoms with Gasteiger partial charge < -0.3 is 30.6 Å². The van der Waals surface area contributed by atoms with Crippen molar-refractivity contribution in [2.45, 2.75) is 25.7 Å². The van der Waals surface area contributed by atoms with Crippen molar-refractivity contribution in [3.05, 3.63) is 35.4 Å². The Bertz CT molecular complexity index is 531. The summed E-state index contributed by atoms with van der Waals surface area (Å²) in [5, 5.41) is 48.6. The van der Waals surface area contributed by atoms with E-state index in [1.165, 1.54) is 24.3 Å². The molecule has 26 heavy (non-hydrogen) atoms. The molecular formula is C16H22O10. The van der Waals surface area contributed by atoms with E-state index in [2.05, 4.69) is 0 Å². The van der Waals surface area contributed by atoms with Gasteiger partial charge in [-0.3, -0.25) is 9.59 Å². The van der Waals surface area contributed by atoms with E-state index in [9.17, 15) is 19.2 Å². The van der Waals surface area contributed by atoms with Crippen molar-refractivity contribution in [2.24, 2.45) is 0 Å². The average Bonchev–Trinajstić information content (AvgIpc) is 2.59. The van der Waals surface area contributed by atoms with Crippen molar-refractivity contribution in [2.75, 3.05) is 13.2 Å². The zero-order valence-corrected chi connectivity index (χ0v) is 13.9. The quantitative estimate of drug-likeness (QED) is 0.354. The van der Waals surface area contributed by atoms with E-state index in [-0.39, 0.29) is 37.2 Å². The van der Waals surface area contributed by atoms with Crippen LogP contribution >= 0.6 is 0 Å². The topological polar surface area (TPSA) is 190 Å². The van der Waals surface area contributed by atoms with Crippen LogP contribution in [0.15, 0.2) is 24.3 Å². The average molecular weight is 374 g/mol. The largest absolute Gasteiger partial charge is 0.481 e. The molecule has 0 aliphatic carbocycles. The summed E-state index contributed by atoms with van der Waals surface area (Å²) < 4.78 is 0. The Morgan fingerprint density at radius 1 is 0.654 bits per heavy atom. The van der Waals surface area contributed by atoms with Gasteiger partial charge in [0, 0.05) is 12.8 Å². The standard InChI is InChI=1S/C8H6O4.C6H10O4.C2H6O2/c9-7(10)5-3-1-2-4-6(5)8(11)12;7-5(8)3-1-2-4-6(9)10;3-1-2-4/h1-4H,(H,9,10)(H,11,12);1-4H2,(H,7,8)(H,9,10);3-4H,1-2H2. The number of aromatic carboxylic acids is 2. The third-order valence-corrected chi connectivity index (χ3v) is 2.52. The van der Waals surface area contributed by atoms with E-state index < -0.39 is 23.9 Å². The van der Waals surface area contributed by atoms with Crippen LogP contribution in [-0.2, 0) is 9.59 Å². The van der Waals surface area contributed by atoms with Crippen LogP contribution in [0.4, 0.5) is 0 Å². The first-order valence-corrected chi connectivity index (χ1v) is 7.38. The second-order valence-electron chi connectivity index (χ2n) is 4.60. The van der Waals surface area contributed by atoms with Gasteiger partial charge in [-0.15, -0.1) is 0 Å². The summed E-state index contributed by atoms with van der Waals surface area (Å²) in [5.74, 6) is -4.20. The van der Waals surface area contributed by atoms with E-state index >= 15 is 0 Å². The maximum atomic E-state index is 10.5. The molecule has 0 spiro atoms. The predicted octanol–water partition coefficient (Wildman–Crippen LogP) is 0.770. The molecule has 1 aromatic carbocycles. The smallest absolute Gasteiger partial charge is 0.336 e. The van der Waals surface area contributed by atoms with E-state index in [0.29, 0.717) is 12.8 Å². The molecule has 6 N–H and O–H groups in total. The summed E-state index contributed by atoms with van der Waals surface area (Å²) in [5.41, 5.74) is -0.380. The number of hydrogen-bond acceptors (Lipinski definition) is 6. The molecular weight excluding hydrogens is 352 g/mol. The Balaban J connectivity index is 0. The van der Waals surface area contributed by atoms with Crippen LogP contribution in [0.5, 0.6) is 0 Å². The normalized spacial score (nSPS) is 9.00. The molecule has 0 bridgehead atoms. The second-order valence-corrected chi connectivity index (χ2v) is 4.60. The maximum Gasteiger partial charge on any atom is 0.336 e. The van der Waals surface area contributed by atoms with Crippen molar-refractivity contribution in [3.63, 3.8) is 0 Å². The SMILES string of the molecule is O=C(O)CCCCC(=O)O.O=C(O)c1ccccc1C(=O)O.OCCO. The molecule has 0 aliphatic heterocycles.